The largest absolute Gasteiger partial charge is 0.505 e. The molecule has 3 N–H and O–H groups in total. The van der Waals surface area contributed by atoms with Crippen LogP contribution in [0.3, 0.4) is 0 Å². The lowest BCUT2D eigenvalue weighted by molar-refractivity contribution is 0.472. The van der Waals surface area contributed by atoms with E-state index in [9.17, 15) is 26.5 Å². The van der Waals surface area contributed by atoms with E-state index in [4.69, 9.17) is 4.55 Å². The molecular formula is C16H11BrN2O7S2. The Morgan fingerprint density at radius 1 is 0.857 bits per heavy atom. The fourth-order valence-corrected chi connectivity index (χ4v) is 3.96. The summed E-state index contributed by atoms with van der Waals surface area (Å²) < 4.78 is 65.3. The Bertz CT molecular complexity index is 1340. The second-order valence-electron chi connectivity index (χ2n) is 5.56. The molecule has 0 amide bonds. The van der Waals surface area contributed by atoms with E-state index < -0.39 is 41.5 Å². The van der Waals surface area contributed by atoms with E-state index in [0.717, 1.165) is 18.2 Å². The van der Waals surface area contributed by atoms with Crippen LogP contribution in [-0.4, -0.2) is 31.0 Å². The van der Waals surface area contributed by atoms with E-state index >= 15 is 0 Å². The summed E-state index contributed by atoms with van der Waals surface area (Å²) in [5.74, 6) is -0.636. The second-order valence-corrected chi connectivity index (χ2v) is 9.22. The van der Waals surface area contributed by atoms with Crippen LogP contribution in [0.5, 0.6) is 5.75 Å². The fraction of sp³-hybridized carbons (Fsp3) is 0. The van der Waals surface area contributed by atoms with Gasteiger partial charge < -0.3 is 5.11 Å². The van der Waals surface area contributed by atoms with Gasteiger partial charge in [0.25, 0.3) is 20.2 Å². The molecule has 0 aliphatic carbocycles. The Hall–Kier alpha value is -2.38. The van der Waals surface area contributed by atoms with Gasteiger partial charge in [0.2, 0.25) is 0 Å². The number of benzene rings is 3. The highest BCUT2D eigenvalue weighted by atomic mass is 79.9. The zero-order valence-corrected chi connectivity index (χ0v) is 16.9. The highest BCUT2D eigenvalue weighted by Crippen LogP contribution is 2.42. The molecule has 12 heteroatoms. The van der Waals surface area contributed by atoms with Gasteiger partial charge in [0.1, 0.15) is 10.6 Å². The minimum atomic E-state index is -4.85. The quantitative estimate of drug-likeness (QED) is 0.368. The number of fused-ring (bicyclic) bond motifs is 1. The van der Waals surface area contributed by atoms with Crippen molar-refractivity contribution in [2.24, 2.45) is 10.2 Å². The third-order valence-corrected chi connectivity index (χ3v) is 6.10. The van der Waals surface area contributed by atoms with Gasteiger partial charge >= 0.3 is 0 Å². The summed E-state index contributed by atoms with van der Waals surface area (Å²) in [6, 6.07) is 10.7. The average Bonchev–Trinajstić information content (AvgIpc) is 2.60. The van der Waals surface area contributed by atoms with Crippen molar-refractivity contribution >= 4 is 58.3 Å². The second kappa shape index (κ2) is 7.22. The van der Waals surface area contributed by atoms with E-state index in [1.165, 1.54) is 6.07 Å². The Kier molecular flexibility index (Phi) is 5.25. The summed E-state index contributed by atoms with van der Waals surface area (Å²) in [5, 5.41) is 18.1. The van der Waals surface area contributed by atoms with Crippen LogP contribution in [-0.2, 0) is 20.2 Å². The van der Waals surface area contributed by atoms with Crippen LogP contribution in [0.2, 0.25) is 0 Å². The molecule has 0 spiro atoms. The van der Waals surface area contributed by atoms with Gasteiger partial charge in [-0.2, -0.15) is 16.8 Å². The molecule has 0 aliphatic heterocycles. The maximum absolute atomic E-state index is 11.8. The standard InChI is InChI=1S/C16H11BrN2O7S2/c17-12-3-1-2-4-13(12)18-19-15-14(28(24,25)26)8-9-7-10(27(21,22)23)5-6-11(9)16(15)20/h1-8,20H,(H,21,22,23)(H,24,25,26). The number of azo groups is 1. The molecule has 0 heterocycles. The SMILES string of the molecule is O=S(=O)(O)c1ccc2c(O)c(N=Nc3ccccc3Br)c(S(=O)(=O)O)cc2c1. The van der Waals surface area contributed by atoms with Crippen molar-refractivity contribution in [1.82, 2.24) is 0 Å². The third kappa shape index (κ3) is 4.05. The predicted molar refractivity (Wildman–Crippen MR) is 104 cm³/mol. The van der Waals surface area contributed by atoms with Gasteiger partial charge in [-0.3, -0.25) is 9.11 Å². The monoisotopic (exact) mass is 486 g/mol. The van der Waals surface area contributed by atoms with Gasteiger partial charge in [-0.15, -0.1) is 10.2 Å². The molecule has 0 bridgehead atoms. The van der Waals surface area contributed by atoms with E-state index in [1.807, 2.05) is 0 Å². The Balaban J connectivity index is 2.30. The highest BCUT2D eigenvalue weighted by Gasteiger charge is 2.23. The summed E-state index contributed by atoms with van der Waals surface area (Å²) in [7, 11) is -9.41. The smallest absolute Gasteiger partial charge is 0.296 e. The lowest BCUT2D eigenvalue weighted by Gasteiger charge is -2.09. The molecule has 0 aromatic heterocycles. The first-order chi connectivity index (χ1) is 13.0. The molecule has 28 heavy (non-hydrogen) atoms. The Morgan fingerprint density at radius 3 is 2.14 bits per heavy atom. The van der Waals surface area contributed by atoms with Gasteiger partial charge in [-0.05, 0) is 57.7 Å². The Morgan fingerprint density at radius 2 is 1.54 bits per heavy atom. The topological polar surface area (TPSA) is 154 Å². The number of phenolic OH excluding ortho intramolecular Hbond substituents is 1. The number of halogens is 1. The van der Waals surface area contributed by atoms with Gasteiger partial charge in [0.05, 0.1) is 10.6 Å². The van der Waals surface area contributed by atoms with Crippen LogP contribution >= 0.6 is 15.9 Å². The van der Waals surface area contributed by atoms with Crippen LogP contribution in [0, 0.1) is 0 Å². The summed E-state index contributed by atoms with van der Waals surface area (Å²) in [6.07, 6.45) is 0. The van der Waals surface area contributed by atoms with Crippen LogP contribution < -0.4 is 0 Å². The first-order valence-electron chi connectivity index (χ1n) is 7.39. The number of hydrogen-bond donors (Lipinski definition) is 3. The van der Waals surface area contributed by atoms with Crippen molar-refractivity contribution in [3.05, 3.63) is 53.0 Å². The maximum Gasteiger partial charge on any atom is 0.296 e. The van der Waals surface area contributed by atoms with Crippen LogP contribution in [0.15, 0.2) is 73.0 Å². The number of rotatable bonds is 4. The van der Waals surface area contributed by atoms with E-state index in [1.54, 1.807) is 24.3 Å². The third-order valence-electron chi connectivity index (χ3n) is 3.71. The normalized spacial score (nSPS) is 12.7. The average molecular weight is 487 g/mol. The fourth-order valence-electron chi connectivity index (χ4n) is 2.42. The molecule has 0 saturated carbocycles. The molecule has 146 valence electrons. The van der Waals surface area contributed by atoms with Crippen molar-refractivity contribution in [2.45, 2.75) is 9.79 Å². The first kappa shape index (κ1) is 20.4. The number of aromatic hydroxyl groups is 1. The van der Waals surface area contributed by atoms with Crippen molar-refractivity contribution in [1.29, 1.82) is 0 Å². The van der Waals surface area contributed by atoms with Crippen LogP contribution in [0.4, 0.5) is 11.4 Å². The van der Waals surface area contributed by atoms with E-state index in [2.05, 4.69) is 26.2 Å². The molecule has 0 saturated heterocycles. The summed E-state index contributed by atoms with van der Waals surface area (Å²) in [5.41, 5.74) is -0.185. The Labute approximate surface area is 168 Å². The lowest BCUT2D eigenvalue weighted by Crippen LogP contribution is -2.00. The van der Waals surface area contributed by atoms with Crippen molar-refractivity contribution in [2.75, 3.05) is 0 Å². The first-order valence-corrected chi connectivity index (χ1v) is 11.1. The molecule has 3 aromatic carbocycles. The number of nitrogens with zero attached hydrogens (tertiary/aromatic N) is 2. The predicted octanol–water partition coefficient (Wildman–Crippen LogP) is 4.22. The van der Waals surface area contributed by atoms with E-state index in [-0.39, 0.29) is 10.8 Å². The van der Waals surface area contributed by atoms with Gasteiger partial charge in [-0.1, -0.05) is 12.1 Å². The number of phenols is 1. The van der Waals surface area contributed by atoms with Crippen molar-refractivity contribution in [3.63, 3.8) is 0 Å². The van der Waals surface area contributed by atoms with Crippen LogP contribution in [0.1, 0.15) is 0 Å². The van der Waals surface area contributed by atoms with Crippen molar-refractivity contribution in [3.8, 4) is 5.75 Å². The minimum absolute atomic E-state index is 0.0425. The molecule has 0 radical (unpaired) electrons. The van der Waals surface area contributed by atoms with Gasteiger partial charge in [-0.25, -0.2) is 0 Å². The molecule has 0 fully saturated rings. The molecule has 3 rings (SSSR count). The maximum atomic E-state index is 11.8. The number of hydrogen-bond acceptors (Lipinski definition) is 7. The molecule has 9 nitrogen and oxygen atoms in total. The van der Waals surface area contributed by atoms with Gasteiger partial charge in [0, 0.05) is 9.86 Å². The summed E-state index contributed by atoms with van der Waals surface area (Å²) in [6.45, 7) is 0. The minimum Gasteiger partial charge on any atom is -0.505 e. The molecule has 0 atom stereocenters. The van der Waals surface area contributed by atoms with Crippen molar-refractivity contribution < 1.29 is 31.0 Å². The van der Waals surface area contributed by atoms with E-state index in [0.29, 0.717) is 10.2 Å². The molecule has 3 aromatic rings. The zero-order chi connectivity index (χ0) is 20.7. The molecule has 0 aliphatic rings. The molecule has 0 unspecified atom stereocenters. The van der Waals surface area contributed by atoms with Crippen LogP contribution in [0.25, 0.3) is 10.8 Å². The lowest BCUT2D eigenvalue weighted by atomic mass is 10.1. The highest BCUT2D eigenvalue weighted by molar-refractivity contribution is 9.10. The molecular weight excluding hydrogens is 476 g/mol. The summed E-state index contributed by atoms with van der Waals surface area (Å²) >= 11 is 3.25. The van der Waals surface area contributed by atoms with Gasteiger partial charge in [0.15, 0.2) is 5.75 Å². The zero-order valence-electron chi connectivity index (χ0n) is 13.7. The summed E-state index contributed by atoms with van der Waals surface area (Å²) in [4.78, 5) is -1.29.